The molecule has 1 aliphatic rings. The minimum atomic E-state index is -0.0709. The van der Waals surface area contributed by atoms with Crippen LogP contribution in [0.5, 0.6) is 0 Å². The first-order valence-corrected chi connectivity index (χ1v) is 7.40. The van der Waals surface area contributed by atoms with Crippen LogP contribution in [0.15, 0.2) is 0 Å². The summed E-state index contributed by atoms with van der Waals surface area (Å²) in [5.74, 6) is 1.63. The predicted molar refractivity (Wildman–Crippen MR) is 75.6 cm³/mol. The van der Waals surface area contributed by atoms with E-state index >= 15 is 0 Å². The normalized spacial score (nSPS) is 30.7. The van der Waals surface area contributed by atoms with Crippen LogP contribution in [0.3, 0.4) is 0 Å². The first-order chi connectivity index (χ1) is 8.53. The van der Waals surface area contributed by atoms with Gasteiger partial charge in [0.2, 0.25) is 0 Å². The Kier molecular flexibility index (Phi) is 6.61. The molecule has 3 heteroatoms. The van der Waals surface area contributed by atoms with Crippen molar-refractivity contribution >= 4 is 0 Å². The van der Waals surface area contributed by atoms with Crippen molar-refractivity contribution in [2.45, 2.75) is 64.6 Å². The lowest BCUT2D eigenvalue weighted by Gasteiger charge is -2.42. The summed E-state index contributed by atoms with van der Waals surface area (Å²) in [4.78, 5) is 0. The molecule has 1 aliphatic carbocycles. The van der Waals surface area contributed by atoms with Crippen LogP contribution in [0.4, 0.5) is 0 Å². The topological polar surface area (TPSA) is 44.5 Å². The molecule has 1 rings (SSSR count). The van der Waals surface area contributed by atoms with Gasteiger partial charge in [-0.2, -0.15) is 0 Å². The van der Waals surface area contributed by atoms with E-state index in [-0.39, 0.29) is 11.7 Å². The maximum Gasteiger partial charge on any atom is 0.0808 e. The van der Waals surface area contributed by atoms with Crippen molar-refractivity contribution in [3.63, 3.8) is 0 Å². The lowest BCUT2D eigenvalue weighted by atomic mass is 9.74. The lowest BCUT2D eigenvalue weighted by molar-refractivity contribution is -0.115. The monoisotopic (exact) mass is 257 g/mol. The number of nitrogens with two attached hydrogens (primary N) is 1. The van der Waals surface area contributed by atoms with Gasteiger partial charge < -0.3 is 15.2 Å². The first kappa shape index (κ1) is 15.9. The van der Waals surface area contributed by atoms with E-state index in [9.17, 15) is 0 Å². The van der Waals surface area contributed by atoms with E-state index in [1.807, 2.05) is 0 Å². The summed E-state index contributed by atoms with van der Waals surface area (Å²) in [5.41, 5.74) is 5.91. The minimum Gasteiger partial charge on any atom is -0.385 e. The van der Waals surface area contributed by atoms with Gasteiger partial charge in [-0.25, -0.2) is 0 Å². The van der Waals surface area contributed by atoms with Gasteiger partial charge in [-0.05, 0) is 50.9 Å². The molecule has 18 heavy (non-hydrogen) atoms. The Morgan fingerprint density at radius 2 is 1.83 bits per heavy atom. The number of hydrogen-bond acceptors (Lipinski definition) is 3. The molecule has 2 N–H and O–H groups in total. The van der Waals surface area contributed by atoms with Gasteiger partial charge in [-0.1, -0.05) is 13.8 Å². The fourth-order valence-electron chi connectivity index (χ4n) is 2.97. The second kappa shape index (κ2) is 7.46. The summed E-state index contributed by atoms with van der Waals surface area (Å²) in [7, 11) is 1.74. The van der Waals surface area contributed by atoms with Crippen LogP contribution in [-0.4, -0.2) is 32.0 Å². The molecule has 0 heterocycles. The summed E-state index contributed by atoms with van der Waals surface area (Å²) in [6, 6.07) is 0. The Morgan fingerprint density at radius 1 is 1.22 bits per heavy atom. The van der Waals surface area contributed by atoms with Crippen LogP contribution in [0.25, 0.3) is 0 Å². The second-order valence-corrected chi connectivity index (χ2v) is 6.18. The van der Waals surface area contributed by atoms with Crippen molar-refractivity contribution in [3.8, 4) is 0 Å². The molecule has 0 aromatic rings. The van der Waals surface area contributed by atoms with Gasteiger partial charge in [0.25, 0.3) is 0 Å². The minimum absolute atomic E-state index is 0.0709. The number of methoxy groups -OCH3 is 1. The van der Waals surface area contributed by atoms with E-state index in [2.05, 4.69) is 20.8 Å². The molecule has 0 aromatic carbocycles. The average Bonchev–Trinajstić information content (AvgIpc) is 2.37. The Labute approximate surface area is 112 Å². The van der Waals surface area contributed by atoms with Crippen molar-refractivity contribution in [2.24, 2.45) is 17.6 Å². The molecule has 108 valence electrons. The van der Waals surface area contributed by atoms with Gasteiger partial charge in [0.05, 0.1) is 11.7 Å². The molecule has 0 saturated heterocycles. The highest BCUT2D eigenvalue weighted by Gasteiger charge is 2.36. The van der Waals surface area contributed by atoms with Crippen LogP contribution in [0.1, 0.15) is 52.9 Å². The zero-order valence-corrected chi connectivity index (χ0v) is 12.6. The predicted octanol–water partition coefficient (Wildman–Crippen LogP) is 2.97. The molecule has 0 aromatic heterocycles. The molecule has 0 spiro atoms. The Hall–Kier alpha value is -0.120. The first-order valence-electron chi connectivity index (χ1n) is 7.40. The lowest BCUT2D eigenvalue weighted by Crippen LogP contribution is -2.46. The molecule has 0 radical (unpaired) electrons. The molecule has 0 aliphatic heterocycles. The maximum absolute atomic E-state index is 6.25. The van der Waals surface area contributed by atoms with E-state index in [4.69, 9.17) is 15.2 Å². The third kappa shape index (κ3) is 4.52. The SMILES string of the molecule is COCCC(C)OC1(CN)CCC(C(C)C)CC1. The van der Waals surface area contributed by atoms with E-state index in [1.54, 1.807) is 7.11 Å². The van der Waals surface area contributed by atoms with Gasteiger partial charge >= 0.3 is 0 Å². The molecule has 3 nitrogen and oxygen atoms in total. The fourth-order valence-corrected chi connectivity index (χ4v) is 2.97. The molecule has 1 saturated carbocycles. The number of ether oxygens (including phenoxy) is 2. The van der Waals surface area contributed by atoms with Gasteiger partial charge in [0, 0.05) is 20.3 Å². The Bertz CT molecular complexity index is 223. The van der Waals surface area contributed by atoms with Gasteiger partial charge in [0.15, 0.2) is 0 Å². The summed E-state index contributed by atoms with van der Waals surface area (Å²) in [5, 5.41) is 0. The van der Waals surface area contributed by atoms with E-state index < -0.39 is 0 Å². The largest absolute Gasteiger partial charge is 0.385 e. The summed E-state index contributed by atoms with van der Waals surface area (Å²) >= 11 is 0. The number of rotatable bonds is 7. The molecule has 1 fully saturated rings. The third-order valence-electron chi connectivity index (χ3n) is 4.44. The van der Waals surface area contributed by atoms with Crippen LogP contribution in [0, 0.1) is 11.8 Å². The Morgan fingerprint density at radius 3 is 2.28 bits per heavy atom. The smallest absolute Gasteiger partial charge is 0.0808 e. The third-order valence-corrected chi connectivity index (χ3v) is 4.44. The molecular formula is C15H31NO2. The van der Waals surface area contributed by atoms with Crippen molar-refractivity contribution < 1.29 is 9.47 Å². The molecule has 0 bridgehead atoms. The van der Waals surface area contributed by atoms with Crippen LogP contribution in [0.2, 0.25) is 0 Å². The molecule has 0 amide bonds. The van der Waals surface area contributed by atoms with Crippen molar-refractivity contribution in [3.05, 3.63) is 0 Å². The molecular weight excluding hydrogens is 226 g/mol. The average molecular weight is 257 g/mol. The fraction of sp³-hybridized carbons (Fsp3) is 1.00. The Balaban J connectivity index is 2.45. The zero-order valence-electron chi connectivity index (χ0n) is 12.6. The van der Waals surface area contributed by atoms with Crippen LogP contribution in [-0.2, 0) is 9.47 Å². The van der Waals surface area contributed by atoms with Gasteiger partial charge in [0.1, 0.15) is 0 Å². The van der Waals surface area contributed by atoms with Crippen molar-refractivity contribution in [1.29, 1.82) is 0 Å². The van der Waals surface area contributed by atoms with Gasteiger partial charge in [-0.15, -0.1) is 0 Å². The summed E-state index contributed by atoms with van der Waals surface area (Å²) in [6.07, 6.45) is 5.93. The maximum atomic E-state index is 6.25. The highest BCUT2D eigenvalue weighted by Crippen LogP contribution is 2.38. The van der Waals surface area contributed by atoms with Gasteiger partial charge in [-0.3, -0.25) is 0 Å². The van der Waals surface area contributed by atoms with Crippen LogP contribution < -0.4 is 5.73 Å². The summed E-state index contributed by atoms with van der Waals surface area (Å²) < 4.78 is 11.4. The van der Waals surface area contributed by atoms with Crippen molar-refractivity contribution in [2.75, 3.05) is 20.3 Å². The summed E-state index contributed by atoms with van der Waals surface area (Å²) in [6.45, 7) is 8.18. The van der Waals surface area contributed by atoms with E-state index in [0.717, 1.165) is 37.7 Å². The second-order valence-electron chi connectivity index (χ2n) is 6.18. The number of hydrogen-bond donors (Lipinski definition) is 1. The molecule has 1 unspecified atom stereocenters. The van der Waals surface area contributed by atoms with E-state index in [0.29, 0.717) is 6.54 Å². The van der Waals surface area contributed by atoms with Crippen molar-refractivity contribution in [1.82, 2.24) is 0 Å². The standard InChI is InChI=1S/C15H31NO2/c1-12(2)14-5-8-15(11-16,9-6-14)18-13(3)7-10-17-4/h12-14H,5-11,16H2,1-4H3. The van der Waals surface area contributed by atoms with Crippen LogP contribution >= 0.6 is 0 Å². The highest BCUT2D eigenvalue weighted by atomic mass is 16.5. The molecule has 1 atom stereocenters. The zero-order chi connectivity index (χ0) is 13.6. The quantitative estimate of drug-likeness (QED) is 0.762. The van der Waals surface area contributed by atoms with E-state index in [1.165, 1.54) is 12.8 Å². The highest BCUT2D eigenvalue weighted by molar-refractivity contribution is 4.89.